The maximum atomic E-state index is 12.6. The zero-order valence-corrected chi connectivity index (χ0v) is 13.9. The highest BCUT2D eigenvalue weighted by Crippen LogP contribution is 2.35. The Hall–Kier alpha value is -0.420. The number of thioether (sulfide) groups is 1. The van der Waals surface area contributed by atoms with Crippen LogP contribution in [0.5, 0.6) is 0 Å². The molecule has 114 valence electrons. The number of likely N-dealkylation sites (tertiary alicyclic amines) is 1. The first-order chi connectivity index (χ1) is 10.1. The van der Waals surface area contributed by atoms with Crippen molar-refractivity contribution in [2.24, 2.45) is 0 Å². The Labute approximate surface area is 138 Å². The smallest absolute Gasteiger partial charge is 0.236 e. The fourth-order valence-electron chi connectivity index (χ4n) is 2.86. The van der Waals surface area contributed by atoms with Gasteiger partial charge in [0.25, 0.3) is 0 Å². The Morgan fingerprint density at radius 1 is 1.14 bits per heavy atom. The minimum absolute atomic E-state index is 0.00918. The number of hydrogen-bond donors (Lipinski definition) is 0. The van der Waals surface area contributed by atoms with Gasteiger partial charge >= 0.3 is 0 Å². The van der Waals surface area contributed by atoms with Gasteiger partial charge in [0.2, 0.25) is 5.91 Å². The summed E-state index contributed by atoms with van der Waals surface area (Å²) in [5.74, 6) is 0.248. The lowest BCUT2D eigenvalue weighted by Crippen LogP contribution is -2.41. The monoisotopic (exact) mass is 345 g/mol. The number of carbonyl (C=O) groups excluding carboxylic acids is 1. The minimum Gasteiger partial charge on any atom is -0.381 e. The molecule has 1 atom stereocenters. The summed E-state index contributed by atoms with van der Waals surface area (Å²) in [4.78, 5) is 15.6. The number of amides is 1. The fraction of sp³-hybridized carbons (Fsp3) is 0.533. The standard InChI is InChI=1S/C15H17Cl2NO2S/c16-12-2-1-11(9-13(12)17)21-14-3-6-18(15(14)19)10-4-7-20-8-5-10/h1-2,9-10,14H,3-8H2/t14-/m0/s1. The molecule has 2 aliphatic rings. The second kappa shape index (κ2) is 6.78. The van der Waals surface area contributed by atoms with Crippen molar-refractivity contribution in [1.82, 2.24) is 4.90 Å². The molecule has 0 aromatic heterocycles. The average molecular weight is 346 g/mol. The van der Waals surface area contributed by atoms with E-state index >= 15 is 0 Å². The summed E-state index contributed by atoms with van der Waals surface area (Å²) < 4.78 is 5.37. The zero-order chi connectivity index (χ0) is 14.8. The summed E-state index contributed by atoms with van der Waals surface area (Å²) >= 11 is 13.5. The van der Waals surface area contributed by atoms with Crippen LogP contribution in [0.25, 0.3) is 0 Å². The molecule has 1 aromatic carbocycles. The minimum atomic E-state index is -0.00918. The van der Waals surface area contributed by atoms with Crippen molar-refractivity contribution >= 4 is 40.9 Å². The first-order valence-corrected chi connectivity index (χ1v) is 8.78. The molecule has 3 nitrogen and oxygen atoms in total. The lowest BCUT2D eigenvalue weighted by atomic mass is 10.1. The molecule has 0 bridgehead atoms. The third-order valence-electron chi connectivity index (χ3n) is 3.99. The quantitative estimate of drug-likeness (QED) is 0.832. The van der Waals surface area contributed by atoms with Crippen LogP contribution < -0.4 is 0 Å². The van der Waals surface area contributed by atoms with Crippen LogP contribution in [0.4, 0.5) is 0 Å². The van der Waals surface area contributed by atoms with Gasteiger partial charge in [-0.25, -0.2) is 0 Å². The molecule has 2 aliphatic heterocycles. The van der Waals surface area contributed by atoms with Gasteiger partial charge in [0, 0.05) is 30.7 Å². The first-order valence-electron chi connectivity index (χ1n) is 7.15. The number of halogens is 2. The predicted molar refractivity (Wildman–Crippen MR) is 86.3 cm³/mol. The number of hydrogen-bond acceptors (Lipinski definition) is 3. The van der Waals surface area contributed by atoms with Crippen LogP contribution in [0.3, 0.4) is 0 Å². The average Bonchev–Trinajstić information content (AvgIpc) is 2.85. The van der Waals surface area contributed by atoms with Crippen molar-refractivity contribution in [1.29, 1.82) is 0 Å². The van der Waals surface area contributed by atoms with Gasteiger partial charge in [-0.1, -0.05) is 23.2 Å². The third-order valence-corrected chi connectivity index (χ3v) is 5.98. The molecule has 2 saturated heterocycles. The van der Waals surface area contributed by atoms with Gasteiger partial charge in [-0.3, -0.25) is 4.79 Å². The predicted octanol–water partition coefficient (Wildman–Crippen LogP) is 3.87. The molecule has 6 heteroatoms. The Morgan fingerprint density at radius 3 is 2.62 bits per heavy atom. The molecule has 0 spiro atoms. The summed E-state index contributed by atoms with van der Waals surface area (Å²) in [5.41, 5.74) is 0. The van der Waals surface area contributed by atoms with Crippen LogP contribution in [-0.2, 0) is 9.53 Å². The Bertz CT molecular complexity index is 534. The van der Waals surface area contributed by atoms with E-state index in [0.29, 0.717) is 16.1 Å². The van der Waals surface area contributed by atoms with Crippen LogP contribution in [0.2, 0.25) is 10.0 Å². The van der Waals surface area contributed by atoms with Gasteiger partial charge in [-0.05, 0) is 37.5 Å². The molecule has 0 aliphatic carbocycles. The van der Waals surface area contributed by atoms with Crippen LogP contribution >= 0.6 is 35.0 Å². The molecule has 0 radical (unpaired) electrons. The van der Waals surface area contributed by atoms with Crippen molar-refractivity contribution in [3.8, 4) is 0 Å². The Balaban J connectivity index is 1.64. The van der Waals surface area contributed by atoms with E-state index in [1.54, 1.807) is 17.8 Å². The van der Waals surface area contributed by atoms with Crippen molar-refractivity contribution in [3.63, 3.8) is 0 Å². The maximum absolute atomic E-state index is 12.6. The lowest BCUT2D eigenvalue weighted by Gasteiger charge is -2.31. The number of benzene rings is 1. The molecule has 2 heterocycles. The molecule has 21 heavy (non-hydrogen) atoms. The molecule has 2 fully saturated rings. The van der Waals surface area contributed by atoms with E-state index in [9.17, 15) is 4.79 Å². The van der Waals surface area contributed by atoms with Gasteiger partial charge in [0.1, 0.15) is 0 Å². The van der Waals surface area contributed by atoms with Gasteiger partial charge in [0.05, 0.1) is 15.3 Å². The fourth-order valence-corrected chi connectivity index (χ4v) is 4.34. The highest BCUT2D eigenvalue weighted by atomic mass is 35.5. The van der Waals surface area contributed by atoms with E-state index in [0.717, 1.165) is 43.9 Å². The Kier molecular flexibility index (Phi) is 4.99. The van der Waals surface area contributed by atoms with Crippen molar-refractivity contribution < 1.29 is 9.53 Å². The van der Waals surface area contributed by atoms with Crippen molar-refractivity contribution in [2.75, 3.05) is 19.8 Å². The van der Waals surface area contributed by atoms with E-state index in [-0.39, 0.29) is 11.2 Å². The van der Waals surface area contributed by atoms with Crippen molar-refractivity contribution in [3.05, 3.63) is 28.2 Å². The summed E-state index contributed by atoms with van der Waals surface area (Å²) in [7, 11) is 0. The van der Waals surface area contributed by atoms with Crippen molar-refractivity contribution in [2.45, 2.75) is 35.4 Å². The topological polar surface area (TPSA) is 29.5 Å². The number of rotatable bonds is 3. The van der Waals surface area contributed by atoms with Gasteiger partial charge < -0.3 is 9.64 Å². The molecule has 0 unspecified atom stereocenters. The van der Waals surface area contributed by atoms with E-state index in [1.165, 1.54) is 0 Å². The molecule has 3 rings (SSSR count). The summed E-state index contributed by atoms with van der Waals surface area (Å²) in [5, 5.41) is 1.07. The highest BCUT2D eigenvalue weighted by Gasteiger charge is 2.36. The van der Waals surface area contributed by atoms with Crippen LogP contribution in [-0.4, -0.2) is 41.9 Å². The normalized spacial score (nSPS) is 23.8. The Morgan fingerprint density at radius 2 is 1.90 bits per heavy atom. The van der Waals surface area contributed by atoms with Crippen LogP contribution in [0.15, 0.2) is 23.1 Å². The van der Waals surface area contributed by atoms with E-state index in [4.69, 9.17) is 27.9 Å². The van der Waals surface area contributed by atoms with Gasteiger partial charge in [-0.15, -0.1) is 11.8 Å². The largest absolute Gasteiger partial charge is 0.381 e. The second-order valence-electron chi connectivity index (χ2n) is 5.35. The molecule has 1 aromatic rings. The first kappa shape index (κ1) is 15.5. The van der Waals surface area contributed by atoms with Crippen LogP contribution in [0.1, 0.15) is 19.3 Å². The van der Waals surface area contributed by atoms with Gasteiger partial charge in [0.15, 0.2) is 0 Å². The lowest BCUT2D eigenvalue weighted by molar-refractivity contribution is -0.130. The summed E-state index contributed by atoms with van der Waals surface area (Å²) in [6, 6.07) is 5.88. The van der Waals surface area contributed by atoms with Gasteiger partial charge in [-0.2, -0.15) is 0 Å². The molecule has 0 N–H and O–H groups in total. The van der Waals surface area contributed by atoms with E-state index < -0.39 is 0 Å². The summed E-state index contributed by atoms with van der Waals surface area (Å²) in [6.07, 6.45) is 2.80. The number of nitrogens with zero attached hydrogens (tertiary/aromatic N) is 1. The summed E-state index contributed by atoms with van der Waals surface area (Å²) in [6.45, 7) is 2.38. The maximum Gasteiger partial charge on any atom is 0.236 e. The van der Waals surface area contributed by atoms with Crippen LogP contribution in [0, 0.1) is 0 Å². The number of carbonyl (C=O) groups is 1. The zero-order valence-electron chi connectivity index (χ0n) is 11.6. The molecule has 0 saturated carbocycles. The molecular formula is C15H17Cl2NO2S. The molecular weight excluding hydrogens is 329 g/mol. The molecule has 1 amide bonds. The second-order valence-corrected chi connectivity index (χ2v) is 7.44. The van der Waals surface area contributed by atoms with E-state index in [2.05, 4.69) is 0 Å². The third kappa shape index (κ3) is 3.50. The highest BCUT2D eigenvalue weighted by molar-refractivity contribution is 8.00. The number of ether oxygens (including phenoxy) is 1. The SMILES string of the molecule is O=C1[C@@H](Sc2ccc(Cl)c(Cl)c2)CCN1C1CCOCC1. The van der Waals surface area contributed by atoms with E-state index in [1.807, 2.05) is 17.0 Å².